The van der Waals surface area contributed by atoms with Crippen molar-refractivity contribution in [1.82, 2.24) is 4.90 Å². The van der Waals surface area contributed by atoms with Crippen molar-refractivity contribution < 1.29 is 9.18 Å². The first-order valence-electron chi connectivity index (χ1n) is 5.29. The van der Waals surface area contributed by atoms with Crippen LogP contribution in [0.5, 0.6) is 0 Å². The minimum atomic E-state index is -0.477. The molecular weight excluding hydrogens is 273 g/mol. The van der Waals surface area contributed by atoms with Crippen LogP contribution in [0.2, 0.25) is 0 Å². The number of amides is 1. The standard InChI is InChI=1S/C12H13BrFNO/c1-15(7-8-5-6-8)12(16)9-3-2-4-10(13)11(9)14/h2-4,8H,5-7H2,1H3. The van der Waals surface area contributed by atoms with E-state index in [1.165, 1.54) is 18.9 Å². The van der Waals surface area contributed by atoms with Crippen molar-refractivity contribution in [3.05, 3.63) is 34.1 Å². The van der Waals surface area contributed by atoms with E-state index in [4.69, 9.17) is 0 Å². The highest BCUT2D eigenvalue weighted by atomic mass is 79.9. The number of benzene rings is 1. The molecule has 0 aliphatic heterocycles. The van der Waals surface area contributed by atoms with E-state index >= 15 is 0 Å². The summed E-state index contributed by atoms with van der Waals surface area (Å²) in [7, 11) is 1.72. The van der Waals surface area contributed by atoms with Crippen LogP contribution in [0, 0.1) is 11.7 Å². The fraction of sp³-hybridized carbons (Fsp3) is 0.417. The van der Waals surface area contributed by atoms with Crippen LogP contribution in [0.3, 0.4) is 0 Å². The molecule has 0 heterocycles. The van der Waals surface area contributed by atoms with Crippen LogP contribution in [0.25, 0.3) is 0 Å². The predicted octanol–water partition coefficient (Wildman–Crippen LogP) is 3.07. The van der Waals surface area contributed by atoms with Crippen LogP contribution < -0.4 is 0 Å². The van der Waals surface area contributed by atoms with Crippen molar-refractivity contribution in [2.24, 2.45) is 5.92 Å². The lowest BCUT2D eigenvalue weighted by Gasteiger charge is -2.17. The Morgan fingerprint density at radius 1 is 1.56 bits per heavy atom. The third kappa shape index (κ3) is 2.43. The molecule has 0 spiro atoms. The van der Waals surface area contributed by atoms with Crippen LogP contribution in [0.15, 0.2) is 22.7 Å². The number of carbonyl (C=O) groups is 1. The lowest BCUT2D eigenvalue weighted by molar-refractivity contribution is 0.0784. The van der Waals surface area contributed by atoms with Crippen molar-refractivity contribution >= 4 is 21.8 Å². The Hall–Kier alpha value is -0.900. The van der Waals surface area contributed by atoms with E-state index in [1.807, 2.05) is 0 Å². The van der Waals surface area contributed by atoms with Gasteiger partial charge < -0.3 is 4.90 Å². The zero-order valence-corrected chi connectivity index (χ0v) is 10.6. The second-order valence-corrected chi connectivity index (χ2v) is 5.08. The van der Waals surface area contributed by atoms with Gasteiger partial charge in [-0.15, -0.1) is 0 Å². The molecule has 0 atom stereocenters. The molecule has 2 nitrogen and oxygen atoms in total. The zero-order chi connectivity index (χ0) is 11.7. The van der Waals surface area contributed by atoms with Gasteiger partial charge in [0.25, 0.3) is 5.91 Å². The van der Waals surface area contributed by atoms with E-state index in [9.17, 15) is 9.18 Å². The Morgan fingerprint density at radius 2 is 2.25 bits per heavy atom. The Labute approximate surface area is 103 Å². The molecule has 1 fully saturated rings. The molecule has 0 saturated heterocycles. The summed E-state index contributed by atoms with van der Waals surface area (Å²) in [5.41, 5.74) is 0.137. The van der Waals surface area contributed by atoms with Gasteiger partial charge in [0, 0.05) is 13.6 Å². The molecule has 0 aromatic heterocycles. The maximum absolute atomic E-state index is 13.7. The molecule has 0 radical (unpaired) electrons. The van der Waals surface area contributed by atoms with Crippen LogP contribution in [0.4, 0.5) is 4.39 Å². The molecule has 0 unspecified atom stereocenters. The molecule has 0 bridgehead atoms. The normalized spacial score (nSPS) is 14.9. The Balaban J connectivity index is 2.15. The molecule has 1 amide bonds. The monoisotopic (exact) mass is 285 g/mol. The van der Waals surface area contributed by atoms with Crippen LogP contribution in [-0.4, -0.2) is 24.4 Å². The minimum absolute atomic E-state index is 0.137. The first-order valence-corrected chi connectivity index (χ1v) is 6.08. The lowest BCUT2D eigenvalue weighted by atomic mass is 10.2. The van der Waals surface area contributed by atoms with Crippen molar-refractivity contribution in [3.63, 3.8) is 0 Å². The second kappa shape index (κ2) is 4.53. The van der Waals surface area contributed by atoms with E-state index in [0.717, 1.165) is 6.54 Å². The molecular formula is C12H13BrFNO. The molecule has 16 heavy (non-hydrogen) atoms. The maximum atomic E-state index is 13.7. The number of halogens is 2. The number of rotatable bonds is 3. The molecule has 86 valence electrons. The van der Waals surface area contributed by atoms with Crippen molar-refractivity contribution in [2.45, 2.75) is 12.8 Å². The van der Waals surface area contributed by atoms with Gasteiger partial charge in [-0.1, -0.05) is 6.07 Å². The summed E-state index contributed by atoms with van der Waals surface area (Å²) in [6, 6.07) is 4.78. The summed E-state index contributed by atoms with van der Waals surface area (Å²) in [6.45, 7) is 0.727. The molecule has 4 heteroatoms. The summed E-state index contributed by atoms with van der Waals surface area (Å²) in [5.74, 6) is -0.106. The van der Waals surface area contributed by atoms with Crippen molar-refractivity contribution in [2.75, 3.05) is 13.6 Å². The van der Waals surface area contributed by atoms with Crippen LogP contribution in [-0.2, 0) is 0 Å². The molecule has 2 rings (SSSR count). The molecule has 1 saturated carbocycles. The van der Waals surface area contributed by atoms with E-state index in [1.54, 1.807) is 24.1 Å². The van der Waals surface area contributed by atoms with Gasteiger partial charge in [-0.2, -0.15) is 0 Å². The highest BCUT2D eigenvalue weighted by molar-refractivity contribution is 9.10. The highest BCUT2D eigenvalue weighted by Crippen LogP contribution is 2.30. The fourth-order valence-corrected chi connectivity index (χ4v) is 2.01. The Morgan fingerprint density at radius 3 is 2.88 bits per heavy atom. The first-order chi connectivity index (χ1) is 7.59. The maximum Gasteiger partial charge on any atom is 0.256 e. The highest BCUT2D eigenvalue weighted by Gasteiger charge is 2.26. The number of hydrogen-bond donors (Lipinski definition) is 0. The van der Waals surface area contributed by atoms with Gasteiger partial charge in [0.15, 0.2) is 0 Å². The van der Waals surface area contributed by atoms with Gasteiger partial charge in [0.05, 0.1) is 10.0 Å². The van der Waals surface area contributed by atoms with Gasteiger partial charge in [-0.3, -0.25) is 4.79 Å². The average Bonchev–Trinajstić information content (AvgIpc) is 3.05. The minimum Gasteiger partial charge on any atom is -0.341 e. The lowest BCUT2D eigenvalue weighted by Crippen LogP contribution is -2.29. The van der Waals surface area contributed by atoms with E-state index < -0.39 is 5.82 Å². The van der Waals surface area contributed by atoms with Crippen LogP contribution >= 0.6 is 15.9 Å². The van der Waals surface area contributed by atoms with Gasteiger partial charge in [-0.25, -0.2) is 4.39 Å². The van der Waals surface area contributed by atoms with E-state index in [2.05, 4.69) is 15.9 Å². The third-order valence-electron chi connectivity index (χ3n) is 2.76. The zero-order valence-electron chi connectivity index (χ0n) is 9.04. The van der Waals surface area contributed by atoms with E-state index in [0.29, 0.717) is 10.4 Å². The fourth-order valence-electron chi connectivity index (χ4n) is 1.65. The summed E-state index contributed by atoms with van der Waals surface area (Å²) in [4.78, 5) is 13.5. The molecule has 1 aliphatic carbocycles. The molecule has 0 N–H and O–H groups in total. The Bertz CT molecular complexity index is 417. The first kappa shape index (κ1) is 11.6. The summed E-state index contributed by atoms with van der Waals surface area (Å²) >= 11 is 3.08. The van der Waals surface area contributed by atoms with Crippen molar-refractivity contribution in [3.8, 4) is 0 Å². The van der Waals surface area contributed by atoms with Crippen LogP contribution in [0.1, 0.15) is 23.2 Å². The second-order valence-electron chi connectivity index (χ2n) is 4.23. The molecule has 1 aromatic carbocycles. The summed E-state index contributed by atoms with van der Waals surface area (Å²) < 4.78 is 14.0. The molecule has 1 aromatic rings. The van der Waals surface area contributed by atoms with Gasteiger partial charge in [-0.05, 0) is 46.8 Å². The molecule has 1 aliphatic rings. The van der Waals surface area contributed by atoms with Gasteiger partial charge in [0.1, 0.15) is 5.82 Å². The Kier molecular flexibility index (Phi) is 3.28. The topological polar surface area (TPSA) is 20.3 Å². The number of nitrogens with zero attached hydrogens (tertiary/aromatic N) is 1. The van der Waals surface area contributed by atoms with Gasteiger partial charge >= 0.3 is 0 Å². The van der Waals surface area contributed by atoms with Crippen molar-refractivity contribution in [1.29, 1.82) is 0 Å². The third-order valence-corrected chi connectivity index (χ3v) is 3.37. The van der Waals surface area contributed by atoms with Gasteiger partial charge in [0.2, 0.25) is 0 Å². The number of carbonyl (C=O) groups excluding carboxylic acids is 1. The quantitative estimate of drug-likeness (QED) is 0.836. The SMILES string of the molecule is CN(CC1CC1)C(=O)c1cccc(Br)c1F. The van der Waals surface area contributed by atoms with E-state index in [-0.39, 0.29) is 11.5 Å². The summed E-state index contributed by atoms with van der Waals surface area (Å²) in [6.07, 6.45) is 2.36. The largest absolute Gasteiger partial charge is 0.341 e. The average molecular weight is 286 g/mol. The smallest absolute Gasteiger partial charge is 0.256 e. The predicted molar refractivity (Wildman–Crippen MR) is 63.8 cm³/mol. The summed E-state index contributed by atoms with van der Waals surface area (Å²) in [5, 5.41) is 0. The number of hydrogen-bond acceptors (Lipinski definition) is 1.